The van der Waals surface area contributed by atoms with Gasteiger partial charge in [-0.1, -0.05) is 6.07 Å². The number of halogens is 3. The normalized spacial score (nSPS) is 23.6. The average Bonchev–Trinajstić information content (AvgIpc) is 3.53. The second-order valence-electron chi connectivity index (χ2n) is 8.09. The van der Waals surface area contributed by atoms with Gasteiger partial charge in [-0.3, -0.25) is 4.79 Å². The number of rotatable bonds is 6. The van der Waals surface area contributed by atoms with E-state index in [0.717, 1.165) is 6.07 Å². The Labute approximate surface area is 182 Å². The summed E-state index contributed by atoms with van der Waals surface area (Å²) in [7, 11) is 3.41. The maximum atomic E-state index is 14.8. The molecule has 2 aliphatic rings. The molecule has 1 fully saturated rings. The van der Waals surface area contributed by atoms with Gasteiger partial charge in [0.25, 0.3) is 12.4 Å². The fraction of sp³-hybridized carbons (Fsp3) is 0.364. The summed E-state index contributed by atoms with van der Waals surface area (Å²) in [6.07, 6.45) is -2.17. The SMILES string of the molecule is CN(C)c1cc(C#N)cnc1C(=O)Cc1ccc(F)c([C@@]2(C(F)F)N=C(N)O[C@@H]3C[C@@H]32)c1. The Balaban J connectivity index is 1.71. The smallest absolute Gasteiger partial charge is 0.283 e. The lowest BCUT2D eigenvalue weighted by molar-refractivity contribution is 0.0176. The van der Waals surface area contributed by atoms with Gasteiger partial charge in [-0.05, 0) is 30.2 Å². The number of nitrogens with two attached hydrogens (primary N) is 1. The number of carbonyl (C=O) groups excluding carboxylic acids is 1. The van der Waals surface area contributed by atoms with Crippen molar-refractivity contribution in [3.63, 3.8) is 0 Å². The van der Waals surface area contributed by atoms with Crippen molar-refractivity contribution in [1.82, 2.24) is 4.98 Å². The molecule has 4 rings (SSSR count). The Morgan fingerprint density at radius 3 is 2.81 bits per heavy atom. The van der Waals surface area contributed by atoms with E-state index in [1.54, 1.807) is 19.0 Å². The van der Waals surface area contributed by atoms with E-state index in [2.05, 4.69) is 9.98 Å². The van der Waals surface area contributed by atoms with Crippen LogP contribution in [0, 0.1) is 23.1 Å². The molecule has 7 nitrogen and oxygen atoms in total. The number of anilines is 1. The summed E-state index contributed by atoms with van der Waals surface area (Å²) in [5.74, 6) is -1.95. The molecule has 2 N–H and O–H groups in total. The second-order valence-corrected chi connectivity index (χ2v) is 8.09. The van der Waals surface area contributed by atoms with E-state index in [1.807, 2.05) is 6.07 Å². The van der Waals surface area contributed by atoms with Gasteiger partial charge < -0.3 is 15.4 Å². The van der Waals surface area contributed by atoms with Crippen molar-refractivity contribution in [1.29, 1.82) is 5.26 Å². The van der Waals surface area contributed by atoms with Gasteiger partial charge in [-0.15, -0.1) is 0 Å². The van der Waals surface area contributed by atoms with Crippen molar-refractivity contribution in [2.24, 2.45) is 16.6 Å². The van der Waals surface area contributed by atoms with Crippen LogP contribution in [0.5, 0.6) is 0 Å². The zero-order valence-corrected chi connectivity index (χ0v) is 17.3. The molecule has 10 heteroatoms. The van der Waals surface area contributed by atoms with Crippen molar-refractivity contribution < 1.29 is 22.7 Å². The number of nitrogens with zero attached hydrogens (tertiary/aromatic N) is 4. The maximum Gasteiger partial charge on any atom is 0.283 e. The van der Waals surface area contributed by atoms with Crippen LogP contribution in [-0.4, -0.2) is 43.4 Å². The van der Waals surface area contributed by atoms with Gasteiger partial charge in [0.15, 0.2) is 11.3 Å². The second kappa shape index (κ2) is 7.82. The third kappa shape index (κ3) is 3.53. The number of alkyl halides is 2. The molecule has 1 aromatic heterocycles. The minimum atomic E-state index is -3.01. The largest absolute Gasteiger partial charge is 0.462 e. The van der Waals surface area contributed by atoms with Crippen LogP contribution in [0.2, 0.25) is 0 Å². The highest BCUT2D eigenvalue weighted by Crippen LogP contribution is 2.56. The third-order valence-electron chi connectivity index (χ3n) is 5.77. The number of pyridine rings is 1. The fourth-order valence-electron chi connectivity index (χ4n) is 4.13. The van der Waals surface area contributed by atoms with E-state index in [-0.39, 0.29) is 17.7 Å². The van der Waals surface area contributed by atoms with Crippen molar-refractivity contribution in [3.05, 3.63) is 58.7 Å². The minimum absolute atomic E-state index is 0.124. The standard InChI is InChI=1S/C22H20F3N5O2/c1-30(2)16-6-12(9-26)10-28-19(16)17(31)7-11-3-4-15(23)13(5-11)22(20(24)25)14-8-18(14)32-21(27)29-22/h3-6,10,14,18,20H,7-8H2,1-2H3,(H2,27,29)/t14-,18+,22+/m0/s1. The minimum Gasteiger partial charge on any atom is -0.462 e. The molecule has 166 valence electrons. The average molecular weight is 443 g/mol. The molecule has 1 saturated carbocycles. The molecule has 0 amide bonds. The molecule has 3 atom stereocenters. The van der Waals surface area contributed by atoms with Crippen molar-refractivity contribution in [3.8, 4) is 6.07 Å². The maximum absolute atomic E-state index is 14.8. The van der Waals surface area contributed by atoms with E-state index >= 15 is 0 Å². The molecular formula is C22H20F3N5O2. The highest BCUT2D eigenvalue weighted by molar-refractivity contribution is 6.00. The van der Waals surface area contributed by atoms with Crippen LogP contribution in [0.25, 0.3) is 0 Å². The van der Waals surface area contributed by atoms with Crippen LogP contribution in [0.1, 0.15) is 33.6 Å². The lowest BCUT2D eigenvalue weighted by Crippen LogP contribution is -2.43. The van der Waals surface area contributed by atoms with E-state index in [1.165, 1.54) is 24.4 Å². The number of hydrogen-bond donors (Lipinski definition) is 1. The van der Waals surface area contributed by atoms with Crippen LogP contribution in [0.4, 0.5) is 18.9 Å². The van der Waals surface area contributed by atoms with Crippen molar-refractivity contribution in [2.75, 3.05) is 19.0 Å². The molecule has 2 aromatic rings. The number of ketones is 1. The molecule has 0 unspecified atom stereocenters. The molecule has 0 saturated heterocycles. The molecule has 1 aliphatic heterocycles. The third-order valence-corrected chi connectivity index (χ3v) is 5.77. The van der Waals surface area contributed by atoms with E-state index < -0.39 is 41.6 Å². The predicted molar refractivity (Wildman–Crippen MR) is 110 cm³/mol. The summed E-state index contributed by atoms with van der Waals surface area (Å²) in [6, 6.07) is 6.77. The Bertz CT molecular complexity index is 1160. The topological polar surface area (TPSA) is 105 Å². The Morgan fingerprint density at radius 1 is 1.41 bits per heavy atom. The summed E-state index contributed by atoms with van der Waals surface area (Å²) in [4.78, 5) is 22.6. The van der Waals surface area contributed by atoms with Crippen LogP contribution in [0.15, 0.2) is 35.5 Å². The zero-order chi connectivity index (χ0) is 23.2. The molecule has 0 radical (unpaired) electrons. The Hall–Kier alpha value is -3.61. The predicted octanol–water partition coefficient (Wildman–Crippen LogP) is 2.78. The van der Waals surface area contributed by atoms with Gasteiger partial charge in [-0.2, -0.15) is 5.26 Å². The number of fused-ring (bicyclic) bond motifs is 1. The zero-order valence-electron chi connectivity index (χ0n) is 17.3. The molecular weight excluding hydrogens is 423 g/mol. The number of amidine groups is 1. The number of ether oxygens (including phenoxy) is 1. The number of carbonyl (C=O) groups is 1. The van der Waals surface area contributed by atoms with Gasteiger partial charge in [-0.25, -0.2) is 23.1 Å². The van der Waals surface area contributed by atoms with Gasteiger partial charge >= 0.3 is 0 Å². The molecule has 1 aliphatic carbocycles. The van der Waals surface area contributed by atoms with E-state index in [9.17, 15) is 18.0 Å². The highest BCUT2D eigenvalue weighted by atomic mass is 19.3. The highest BCUT2D eigenvalue weighted by Gasteiger charge is 2.64. The summed E-state index contributed by atoms with van der Waals surface area (Å²) in [5, 5.41) is 9.08. The van der Waals surface area contributed by atoms with Crippen LogP contribution < -0.4 is 10.6 Å². The molecule has 1 aromatic carbocycles. The lowest BCUT2D eigenvalue weighted by atomic mass is 9.83. The van der Waals surface area contributed by atoms with Crippen LogP contribution >= 0.6 is 0 Å². The van der Waals surface area contributed by atoms with Gasteiger partial charge in [0.2, 0.25) is 0 Å². The number of aromatic nitrogens is 1. The number of aliphatic imine (C=N–C) groups is 1. The fourth-order valence-corrected chi connectivity index (χ4v) is 4.13. The summed E-state index contributed by atoms with van der Waals surface area (Å²) >= 11 is 0. The van der Waals surface area contributed by atoms with Crippen LogP contribution in [0.3, 0.4) is 0 Å². The monoisotopic (exact) mass is 443 g/mol. The summed E-state index contributed by atoms with van der Waals surface area (Å²) in [6.45, 7) is 0. The number of Topliss-reactive ketones (excluding diaryl/α,β-unsaturated/α-hetero) is 1. The van der Waals surface area contributed by atoms with Crippen molar-refractivity contribution >= 4 is 17.5 Å². The molecule has 2 heterocycles. The first-order chi connectivity index (χ1) is 15.2. The van der Waals surface area contributed by atoms with Gasteiger partial charge in [0.05, 0.1) is 11.3 Å². The first-order valence-electron chi connectivity index (χ1n) is 9.87. The molecule has 0 bridgehead atoms. The summed E-state index contributed by atoms with van der Waals surface area (Å²) < 4.78 is 48.5. The number of hydrogen-bond acceptors (Lipinski definition) is 7. The van der Waals surface area contributed by atoms with Gasteiger partial charge in [0.1, 0.15) is 23.7 Å². The first kappa shape index (κ1) is 21.6. The molecule has 32 heavy (non-hydrogen) atoms. The van der Waals surface area contributed by atoms with Crippen molar-refractivity contribution in [2.45, 2.75) is 30.9 Å². The lowest BCUT2D eigenvalue weighted by Gasteiger charge is -2.33. The number of nitriles is 1. The van der Waals surface area contributed by atoms with E-state index in [4.69, 9.17) is 15.7 Å². The quantitative estimate of drug-likeness (QED) is 0.689. The first-order valence-corrected chi connectivity index (χ1v) is 9.87. The number of benzene rings is 1. The molecule has 0 spiro atoms. The van der Waals surface area contributed by atoms with Crippen LogP contribution in [-0.2, 0) is 16.7 Å². The Kier molecular flexibility index (Phi) is 5.28. The summed E-state index contributed by atoms with van der Waals surface area (Å²) in [5.41, 5.74) is 4.33. The van der Waals surface area contributed by atoms with Gasteiger partial charge in [0, 0.05) is 38.2 Å². The van der Waals surface area contributed by atoms with E-state index in [0.29, 0.717) is 23.2 Å². The Morgan fingerprint density at radius 2 is 2.16 bits per heavy atom.